The zero-order valence-electron chi connectivity index (χ0n) is 16.6. The molecule has 1 amide bonds. The topological polar surface area (TPSA) is 57.8 Å². The van der Waals surface area contributed by atoms with Crippen LogP contribution < -0.4 is 5.32 Å². The van der Waals surface area contributed by atoms with E-state index in [1.54, 1.807) is 6.08 Å². The van der Waals surface area contributed by atoms with E-state index in [4.69, 9.17) is 0 Å². The van der Waals surface area contributed by atoms with Crippen molar-refractivity contribution in [1.82, 2.24) is 4.57 Å². The molecule has 0 aliphatic carbocycles. The Kier molecular flexibility index (Phi) is 5.47. The fourth-order valence-electron chi connectivity index (χ4n) is 3.16. The van der Waals surface area contributed by atoms with Gasteiger partial charge in [-0.2, -0.15) is 5.26 Å². The van der Waals surface area contributed by atoms with E-state index >= 15 is 0 Å². The van der Waals surface area contributed by atoms with Crippen LogP contribution in [0.25, 0.3) is 11.8 Å². The number of nitrogens with zero attached hydrogens (tertiary/aromatic N) is 2. The summed E-state index contributed by atoms with van der Waals surface area (Å²) >= 11 is 0. The van der Waals surface area contributed by atoms with Crippen LogP contribution in [0.1, 0.15) is 28.1 Å². The third-order valence-electron chi connectivity index (χ3n) is 4.74. The van der Waals surface area contributed by atoms with E-state index in [9.17, 15) is 10.1 Å². The molecule has 2 aromatic carbocycles. The number of nitrogens with one attached hydrogen (secondary N) is 1. The van der Waals surface area contributed by atoms with Gasteiger partial charge >= 0.3 is 0 Å². The second-order valence-corrected chi connectivity index (χ2v) is 6.99. The van der Waals surface area contributed by atoms with E-state index < -0.39 is 5.91 Å². The van der Waals surface area contributed by atoms with E-state index in [-0.39, 0.29) is 5.57 Å². The lowest BCUT2D eigenvalue weighted by Crippen LogP contribution is -2.13. The number of hydrogen-bond acceptors (Lipinski definition) is 2. The SMILES string of the molecule is Cc1ccc(NC(=O)/C(C#N)=C\c2cc(C)n(-c3ccc(C)cc3)c2C)cc1. The van der Waals surface area contributed by atoms with E-state index in [0.717, 1.165) is 28.2 Å². The standard InChI is InChI=1S/C24H23N3O/c1-16-5-9-22(10-6-16)26-24(28)21(15-25)14-20-13-18(3)27(19(20)4)23-11-7-17(2)8-12-23/h5-14H,1-4H3,(H,26,28)/b21-14-. The number of carbonyl (C=O) groups is 1. The Morgan fingerprint density at radius 3 is 2.11 bits per heavy atom. The van der Waals surface area contributed by atoms with Gasteiger partial charge in [-0.15, -0.1) is 0 Å². The van der Waals surface area contributed by atoms with E-state index in [1.807, 2.05) is 57.2 Å². The monoisotopic (exact) mass is 369 g/mol. The largest absolute Gasteiger partial charge is 0.321 e. The minimum absolute atomic E-state index is 0.0738. The smallest absolute Gasteiger partial charge is 0.266 e. The van der Waals surface area contributed by atoms with Crippen LogP contribution in [0.4, 0.5) is 5.69 Å². The van der Waals surface area contributed by atoms with E-state index in [0.29, 0.717) is 5.69 Å². The van der Waals surface area contributed by atoms with Gasteiger partial charge in [0.25, 0.3) is 5.91 Å². The summed E-state index contributed by atoms with van der Waals surface area (Å²) < 4.78 is 2.12. The Hall–Kier alpha value is -3.58. The first kappa shape index (κ1) is 19.2. The first-order chi connectivity index (χ1) is 13.4. The molecule has 0 fully saturated rings. The molecule has 0 unspecified atom stereocenters. The lowest BCUT2D eigenvalue weighted by molar-refractivity contribution is -0.112. The number of aryl methyl sites for hydroxylation is 3. The highest BCUT2D eigenvalue weighted by Gasteiger charge is 2.14. The molecule has 0 atom stereocenters. The highest BCUT2D eigenvalue weighted by molar-refractivity contribution is 6.09. The number of anilines is 1. The summed E-state index contributed by atoms with van der Waals surface area (Å²) in [5.41, 5.74) is 6.99. The second-order valence-electron chi connectivity index (χ2n) is 6.99. The number of benzene rings is 2. The molecule has 1 heterocycles. The van der Waals surface area contributed by atoms with Crippen LogP contribution >= 0.6 is 0 Å². The highest BCUT2D eigenvalue weighted by atomic mass is 16.1. The van der Waals surface area contributed by atoms with Gasteiger partial charge in [0, 0.05) is 22.8 Å². The van der Waals surface area contributed by atoms with Gasteiger partial charge in [-0.3, -0.25) is 4.79 Å². The molecule has 0 bridgehead atoms. The minimum Gasteiger partial charge on any atom is -0.321 e. The fourth-order valence-corrected chi connectivity index (χ4v) is 3.16. The average molecular weight is 369 g/mol. The summed E-state index contributed by atoms with van der Waals surface area (Å²) in [6.45, 7) is 8.05. The van der Waals surface area contributed by atoms with Crippen molar-refractivity contribution in [3.63, 3.8) is 0 Å². The maximum absolute atomic E-state index is 12.5. The lowest BCUT2D eigenvalue weighted by Gasteiger charge is -2.10. The van der Waals surface area contributed by atoms with Crippen LogP contribution in [-0.4, -0.2) is 10.5 Å². The predicted octanol–water partition coefficient (Wildman–Crippen LogP) is 5.26. The summed E-state index contributed by atoms with van der Waals surface area (Å²) in [7, 11) is 0. The molecule has 1 N–H and O–H groups in total. The molecule has 3 aromatic rings. The van der Waals surface area contributed by atoms with Crippen LogP contribution in [0.2, 0.25) is 0 Å². The molecule has 3 rings (SSSR count). The third kappa shape index (κ3) is 4.05. The molecule has 0 saturated carbocycles. The zero-order chi connectivity index (χ0) is 20.3. The second kappa shape index (κ2) is 7.98. The highest BCUT2D eigenvalue weighted by Crippen LogP contribution is 2.23. The van der Waals surface area contributed by atoms with Gasteiger partial charge in [-0.1, -0.05) is 35.4 Å². The Morgan fingerprint density at radius 2 is 1.54 bits per heavy atom. The molecule has 0 saturated heterocycles. The molecule has 0 radical (unpaired) electrons. The van der Waals surface area contributed by atoms with Crippen LogP contribution in [0.5, 0.6) is 0 Å². The molecule has 1 aromatic heterocycles. The van der Waals surface area contributed by atoms with Crippen LogP contribution in [0, 0.1) is 39.0 Å². The summed E-state index contributed by atoms with van der Waals surface area (Å²) in [5, 5.41) is 12.3. The van der Waals surface area contributed by atoms with Crippen molar-refractivity contribution in [3.8, 4) is 11.8 Å². The van der Waals surface area contributed by atoms with Gasteiger partial charge < -0.3 is 9.88 Å². The normalized spacial score (nSPS) is 11.2. The molecule has 0 aliphatic heterocycles. The first-order valence-electron chi connectivity index (χ1n) is 9.15. The summed E-state index contributed by atoms with van der Waals surface area (Å²) in [4.78, 5) is 12.5. The molecular weight excluding hydrogens is 346 g/mol. The van der Waals surface area contributed by atoms with Crippen molar-refractivity contribution in [3.05, 3.63) is 88.2 Å². The molecule has 0 spiro atoms. The Balaban J connectivity index is 1.91. The minimum atomic E-state index is -0.411. The summed E-state index contributed by atoms with van der Waals surface area (Å²) in [6, 6.07) is 19.8. The number of nitriles is 1. The fraction of sp³-hybridized carbons (Fsp3) is 0.167. The van der Waals surface area contributed by atoms with E-state index in [2.05, 4.69) is 41.1 Å². The van der Waals surface area contributed by atoms with Crippen molar-refractivity contribution >= 4 is 17.7 Å². The summed E-state index contributed by atoms with van der Waals surface area (Å²) in [5.74, 6) is -0.411. The maximum Gasteiger partial charge on any atom is 0.266 e. The molecule has 28 heavy (non-hydrogen) atoms. The Bertz CT molecular complexity index is 1080. The molecule has 0 aliphatic rings. The van der Waals surface area contributed by atoms with Crippen molar-refractivity contribution in [2.24, 2.45) is 0 Å². The van der Waals surface area contributed by atoms with Gasteiger partial charge in [0.15, 0.2) is 0 Å². The number of rotatable bonds is 4. The lowest BCUT2D eigenvalue weighted by atomic mass is 10.1. The predicted molar refractivity (Wildman–Crippen MR) is 113 cm³/mol. The van der Waals surface area contributed by atoms with Gasteiger partial charge in [0.2, 0.25) is 0 Å². The van der Waals surface area contributed by atoms with Gasteiger partial charge in [-0.25, -0.2) is 0 Å². The van der Waals surface area contributed by atoms with Crippen LogP contribution in [0.3, 0.4) is 0 Å². The van der Waals surface area contributed by atoms with Gasteiger partial charge in [0.05, 0.1) is 0 Å². The number of amides is 1. The van der Waals surface area contributed by atoms with Crippen LogP contribution in [0.15, 0.2) is 60.2 Å². The van der Waals surface area contributed by atoms with E-state index in [1.165, 1.54) is 5.56 Å². The van der Waals surface area contributed by atoms with Crippen molar-refractivity contribution < 1.29 is 4.79 Å². The first-order valence-corrected chi connectivity index (χ1v) is 9.15. The van der Waals surface area contributed by atoms with Crippen LogP contribution in [-0.2, 0) is 4.79 Å². The molecule has 140 valence electrons. The Morgan fingerprint density at radius 1 is 0.964 bits per heavy atom. The Labute approximate surface area is 165 Å². The van der Waals surface area contributed by atoms with Gasteiger partial charge in [0.1, 0.15) is 11.6 Å². The van der Waals surface area contributed by atoms with Crippen molar-refractivity contribution in [2.45, 2.75) is 27.7 Å². The number of hydrogen-bond donors (Lipinski definition) is 1. The molecular formula is C24H23N3O. The molecule has 4 nitrogen and oxygen atoms in total. The maximum atomic E-state index is 12.5. The zero-order valence-corrected chi connectivity index (χ0v) is 16.6. The van der Waals surface area contributed by atoms with Gasteiger partial charge in [-0.05, 0) is 69.7 Å². The number of aromatic nitrogens is 1. The summed E-state index contributed by atoms with van der Waals surface area (Å²) in [6.07, 6.45) is 1.65. The van der Waals surface area contributed by atoms with Crippen molar-refractivity contribution in [1.29, 1.82) is 5.26 Å². The number of carbonyl (C=O) groups excluding carboxylic acids is 1. The molecule has 4 heteroatoms. The third-order valence-corrected chi connectivity index (χ3v) is 4.74. The van der Waals surface area contributed by atoms with Crippen molar-refractivity contribution in [2.75, 3.05) is 5.32 Å². The average Bonchev–Trinajstić information content (AvgIpc) is 2.95. The quantitative estimate of drug-likeness (QED) is 0.504.